The second-order valence-corrected chi connectivity index (χ2v) is 1.98. The summed E-state index contributed by atoms with van der Waals surface area (Å²) in [5.41, 5.74) is 0. The second kappa shape index (κ2) is 4.26. The number of ether oxygens (including phenoxy) is 1. The van der Waals surface area contributed by atoms with Crippen molar-refractivity contribution in [3.05, 3.63) is 11.8 Å². The summed E-state index contributed by atoms with van der Waals surface area (Å²) in [6.45, 7) is 3.45. The van der Waals surface area contributed by atoms with Gasteiger partial charge in [0.1, 0.15) is 12.2 Å². The van der Waals surface area contributed by atoms with Gasteiger partial charge in [-0.3, -0.25) is 0 Å². The summed E-state index contributed by atoms with van der Waals surface area (Å²) in [7, 11) is 0. The van der Waals surface area contributed by atoms with Crippen molar-refractivity contribution in [3.63, 3.8) is 0 Å². The number of alkyl halides is 3. The average Bonchev–Trinajstić information content (AvgIpc) is 1.84. The molecule has 0 heterocycles. The minimum atomic E-state index is -4.17. The van der Waals surface area contributed by atoms with Crippen molar-refractivity contribution in [1.29, 1.82) is 0 Å². The molecule has 0 aliphatic rings. The summed E-state index contributed by atoms with van der Waals surface area (Å²) in [6.07, 6.45) is -3.81. The topological polar surface area (TPSA) is 9.23 Å². The summed E-state index contributed by atoms with van der Waals surface area (Å²) in [5.74, 6) is -0.0139. The Kier molecular flexibility index (Phi) is 4.00. The standard InChI is InChI=1S/C7H11F3O/c1-3-6(11-4-2)5-7(8,9)10/h3H,4-5H2,1-2H3. The van der Waals surface area contributed by atoms with E-state index in [-0.39, 0.29) is 12.4 Å². The van der Waals surface area contributed by atoms with Crippen LogP contribution in [-0.4, -0.2) is 12.8 Å². The van der Waals surface area contributed by atoms with Crippen LogP contribution in [0, 0.1) is 0 Å². The minimum absolute atomic E-state index is 0.0139. The van der Waals surface area contributed by atoms with Crippen molar-refractivity contribution >= 4 is 0 Å². The largest absolute Gasteiger partial charge is 0.498 e. The SMILES string of the molecule is CC=C(CC(F)(F)F)OCC. The Labute approximate surface area is 63.8 Å². The van der Waals surface area contributed by atoms with Gasteiger partial charge in [0.25, 0.3) is 0 Å². The molecule has 0 aliphatic heterocycles. The first-order valence-electron chi connectivity index (χ1n) is 3.34. The van der Waals surface area contributed by atoms with Crippen molar-refractivity contribution in [2.45, 2.75) is 26.4 Å². The Bertz CT molecular complexity index is 137. The highest BCUT2D eigenvalue weighted by molar-refractivity contribution is 4.92. The first-order chi connectivity index (χ1) is 4.99. The van der Waals surface area contributed by atoms with Gasteiger partial charge in [-0.15, -0.1) is 0 Å². The fraction of sp³-hybridized carbons (Fsp3) is 0.714. The summed E-state index contributed by atoms with van der Waals surface area (Å²) >= 11 is 0. The maximum atomic E-state index is 11.7. The van der Waals surface area contributed by atoms with Crippen LogP contribution in [0.4, 0.5) is 13.2 Å². The first-order valence-corrected chi connectivity index (χ1v) is 3.34. The Morgan fingerprint density at radius 2 is 2.00 bits per heavy atom. The van der Waals surface area contributed by atoms with Crippen LogP contribution in [0.1, 0.15) is 20.3 Å². The molecule has 11 heavy (non-hydrogen) atoms. The molecule has 0 aromatic heterocycles. The molecule has 0 radical (unpaired) electrons. The Morgan fingerprint density at radius 1 is 1.45 bits per heavy atom. The van der Waals surface area contributed by atoms with Gasteiger partial charge in [0.2, 0.25) is 0 Å². The molecule has 0 aromatic rings. The highest BCUT2D eigenvalue weighted by Gasteiger charge is 2.29. The normalized spacial score (nSPS) is 13.4. The first kappa shape index (κ1) is 10.3. The van der Waals surface area contributed by atoms with Gasteiger partial charge in [0.15, 0.2) is 0 Å². The third-order valence-electron chi connectivity index (χ3n) is 1.03. The lowest BCUT2D eigenvalue weighted by Crippen LogP contribution is -2.10. The van der Waals surface area contributed by atoms with Crippen LogP contribution < -0.4 is 0 Å². The number of rotatable bonds is 3. The van der Waals surface area contributed by atoms with E-state index in [9.17, 15) is 13.2 Å². The molecular weight excluding hydrogens is 157 g/mol. The van der Waals surface area contributed by atoms with Gasteiger partial charge >= 0.3 is 6.18 Å². The van der Waals surface area contributed by atoms with E-state index in [1.807, 2.05) is 0 Å². The summed E-state index contributed by atoms with van der Waals surface area (Å²) in [6, 6.07) is 0. The molecule has 66 valence electrons. The molecule has 0 rings (SSSR count). The molecule has 0 amide bonds. The predicted molar refractivity (Wildman–Crippen MR) is 36.1 cm³/mol. The summed E-state index contributed by atoms with van der Waals surface area (Å²) in [5, 5.41) is 0. The van der Waals surface area contributed by atoms with E-state index in [0.29, 0.717) is 0 Å². The van der Waals surface area contributed by atoms with Gasteiger partial charge in [-0.2, -0.15) is 13.2 Å². The van der Waals surface area contributed by atoms with Crippen LogP contribution in [0.5, 0.6) is 0 Å². The molecule has 1 nitrogen and oxygen atoms in total. The monoisotopic (exact) mass is 168 g/mol. The zero-order valence-corrected chi connectivity index (χ0v) is 6.53. The van der Waals surface area contributed by atoms with Gasteiger partial charge in [-0.05, 0) is 19.9 Å². The van der Waals surface area contributed by atoms with Crippen LogP contribution in [0.2, 0.25) is 0 Å². The smallest absolute Gasteiger partial charge is 0.396 e. The van der Waals surface area contributed by atoms with Crippen molar-refractivity contribution in [2.75, 3.05) is 6.61 Å². The quantitative estimate of drug-likeness (QED) is 0.589. The molecule has 0 aromatic carbocycles. The van der Waals surface area contributed by atoms with E-state index in [2.05, 4.69) is 0 Å². The van der Waals surface area contributed by atoms with Gasteiger partial charge < -0.3 is 4.74 Å². The van der Waals surface area contributed by atoms with Gasteiger partial charge in [-0.25, -0.2) is 0 Å². The number of hydrogen-bond donors (Lipinski definition) is 0. The summed E-state index contributed by atoms with van der Waals surface area (Å²) < 4.78 is 39.8. The third-order valence-corrected chi connectivity index (χ3v) is 1.03. The Balaban J connectivity index is 3.90. The van der Waals surface area contributed by atoms with Crippen LogP contribution in [0.25, 0.3) is 0 Å². The lowest BCUT2D eigenvalue weighted by atomic mass is 10.3. The van der Waals surface area contributed by atoms with Gasteiger partial charge in [-0.1, -0.05) is 0 Å². The van der Waals surface area contributed by atoms with E-state index < -0.39 is 12.6 Å². The van der Waals surface area contributed by atoms with Crippen LogP contribution >= 0.6 is 0 Å². The van der Waals surface area contributed by atoms with Crippen LogP contribution in [-0.2, 0) is 4.74 Å². The number of halogens is 3. The Morgan fingerprint density at radius 3 is 2.27 bits per heavy atom. The lowest BCUT2D eigenvalue weighted by Gasteiger charge is -2.10. The Hall–Kier alpha value is -0.670. The van der Waals surface area contributed by atoms with E-state index in [1.54, 1.807) is 6.92 Å². The summed E-state index contributed by atoms with van der Waals surface area (Å²) in [4.78, 5) is 0. The van der Waals surface area contributed by atoms with Gasteiger partial charge in [0, 0.05) is 0 Å². The molecule has 4 heteroatoms. The fourth-order valence-corrected chi connectivity index (χ4v) is 0.619. The van der Waals surface area contributed by atoms with E-state index in [1.165, 1.54) is 13.0 Å². The fourth-order valence-electron chi connectivity index (χ4n) is 0.619. The minimum Gasteiger partial charge on any atom is -0.498 e. The second-order valence-electron chi connectivity index (χ2n) is 1.98. The molecule has 0 spiro atoms. The average molecular weight is 168 g/mol. The van der Waals surface area contributed by atoms with Crippen LogP contribution in [0.3, 0.4) is 0 Å². The molecule has 0 saturated carbocycles. The zero-order chi connectivity index (χ0) is 8.91. The highest BCUT2D eigenvalue weighted by atomic mass is 19.4. The van der Waals surface area contributed by atoms with E-state index in [0.717, 1.165) is 0 Å². The zero-order valence-electron chi connectivity index (χ0n) is 6.53. The molecule has 0 atom stereocenters. The third kappa shape index (κ3) is 5.76. The molecule has 0 N–H and O–H groups in total. The maximum absolute atomic E-state index is 11.7. The van der Waals surface area contributed by atoms with Crippen LogP contribution in [0.15, 0.2) is 11.8 Å². The molecule has 0 bridgehead atoms. The van der Waals surface area contributed by atoms with E-state index in [4.69, 9.17) is 4.74 Å². The van der Waals surface area contributed by atoms with Crippen molar-refractivity contribution < 1.29 is 17.9 Å². The predicted octanol–water partition coefficient (Wildman–Crippen LogP) is 2.88. The number of hydrogen-bond acceptors (Lipinski definition) is 1. The molecular formula is C7H11F3O. The molecule has 0 saturated heterocycles. The maximum Gasteiger partial charge on any atom is 0.396 e. The highest BCUT2D eigenvalue weighted by Crippen LogP contribution is 2.24. The molecule has 0 fully saturated rings. The lowest BCUT2D eigenvalue weighted by molar-refractivity contribution is -0.134. The molecule has 0 unspecified atom stereocenters. The van der Waals surface area contributed by atoms with E-state index >= 15 is 0 Å². The van der Waals surface area contributed by atoms with Crippen molar-refractivity contribution in [1.82, 2.24) is 0 Å². The van der Waals surface area contributed by atoms with Crippen molar-refractivity contribution in [3.8, 4) is 0 Å². The number of allylic oxidation sites excluding steroid dienone is 2. The van der Waals surface area contributed by atoms with Crippen molar-refractivity contribution in [2.24, 2.45) is 0 Å². The molecule has 0 aliphatic carbocycles. The van der Waals surface area contributed by atoms with Gasteiger partial charge in [0.05, 0.1) is 6.61 Å².